The minimum atomic E-state index is -3.71. The molecule has 4 atom stereocenters. The SMILES string of the molecule is CC(C)[C@@H]1CC[C@@H](C)C[C@H]1OP(F)(=S)OCCC#N. The smallest absolute Gasteiger partial charge is 0.304 e. The lowest BCUT2D eigenvalue weighted by Gasteiger charge is -2.37. The zero-order valence-electron chi connectivity index (χ0n) is 11.8. The van der Waals surface area contributed by atoms with Crippen molar-refractivity contribution in [1.29, 1.82) is 5.26 Å². The fraction of sp³-hybridized carbons (Fsp3) is 0.923. The van der Waals surface area contributed by atoms with Gasteiger partial charge in [0.25, 0.3) is 0 Å². The van der Waals surface area contributed by atoms with Gasteiger partial charge in [0.15, 0.2) is 0 Å². The van der Waals surface area contributed by atoms with Gasteiger partial charge in [0.2, 0.25) is 0 Å². The van der Waals surface area contributed by atoms with Crippen LogP contribution in [-0.2, 0) is 20.9 Å². The number of rotatable bonds is 6. The molecular formula is C13H23FNO2PS. The van der Waals surface area contributed by atoms with Gasteiger partial charge < -0.3 is 9.05 Å². The molecule has 0 aromatic heterocycles. The summed E-state index contributed by atoms with van der Waals surface area (Å²) >= 11 is 4.81. The minimum absolute atomic E-state index is 0.0128. The molecule has 0 aromatic carbocycles. The third kappa shape index (κ3) is 5.87. The van der Waals surface area contributed by atoms with Crippen molar-refractivity contribution >= 4 is 18.6 Å². The lowest BCUT2D eigenvalue weighted by atomic mass is 9.75. The molecule has 19 heavy (non-hydrogen) atoms. The van der Waals surface area contributed by atoms with E-state index in [0.29, 0.717) is 17.8 Å². The predicted molar refractivity (Wildman–Crippen MR) is 77.8 cm³/mol. The molecule has 6 heteroatoms. The van der Waals surface area contributed by atoms with Gasteiger partial charge in [-0.15, -0.1) is 0 Å². The lowest BCUT2D eigenvalue weighted by Crippen LogP contribution is -2.33. The Kier molecular flexibility index (Phi) is 6.90. The molecule has 0 amide bonds. The Morgan fingerprint density at radius 1 is 1.47 bits per heavy atom. The average Bonchev–Trinajstić information content (AvgIpc) is 2.28. The van der Waals surface area contributed by atoms with E-state index < -0.39 is 6.80 Å². The third-order valence-electron chi connectivity index (χ3n) is 3.68. The maximum Gasteiger partial charge on any atom is 0.366 e. The van der Waals surface area contributed by atoms with Crippen LogP contribution in [0.3, 0.4) is 0 Å². The van der Waals surface area contributed by atoms with Gasteiger partial charge in [0, 0.05) is 0 Å². The van der Waals surface area contributed by atoms with E-state index in [9.17, 15) is 4.20 Å². The number of nitrogens with zero attached hydrogens (tertiary/aromatic N) is 1. The van der Waals surface area contributed by atoms with Crippen LogP contribution >= 0.6 is 6.80 Å². The molecule has 1 saturated carbocycles. The van der Waals surface area contributed by atoms with Crippen molar-refractivity contribution in [2.45, 2.75) is 52.6 Å². The summed E-state index contributed by atoms with van der Waals surface area (Å²) in [7, 11) is 0. The first-order chi connectivity index (χ1) is 8.85. The first-order valence-corrected chi connectivity index (χ1v) is 9.38. The van der Waals surface area contributed by atoms with E-state index in [1.165, 1.54) is 0 Å². The Morgan fingerprint density at radius 3 is 2.74 bits per heavy atom. The molecule has 110 valence electrons. The van der Waals surface area contributed by atoms with Crippen LogP contribution < -0.4 is 0 Å². The maximum absolute atomic E-state index is 14.1. The average molecular weight is 307 g/mol. The second-order valence-corrected chi connectivity index (χ2v) is 8.28. The second kappa shape index (κ2) is 7.69. The highest BCUT2D eigenvalue weighted by molar-refractivity contribution is 8.07. The molecule has 3 nitrogen and oxygen atoms in total. The van der Waals surface area contributed by atoms with Crippen molar-refractivity contribution in [1.82, 2.24) is 0 Å². The number of halogens is 1. The Labute approximate surface area is 120 Å². The minimum Gasteiger partial charge on any atom is -0.304 e. The molecule has 0 N–H and O–H groups in total. The molecule has 1 aliphatic rings. The molecule has 0 aromatic rings. The Bertz CT molecular complexity index is 372. The summed E-state index contributed by atoms with van der Waals surface area (Å²) < 4.78 is 24.6. The topological polar surface area (TPSA) is 42.2 Å². The van der Waals surface area contributed by atoms with Gasteiger partial charge in [0.05, 0.1) is 25.2 Å². The van der Waals surface area contributed by atoms with Crippen LogP contribution in [0.5, 0.6) is 0 Å². The fourth-order valence-corrected chi connectivity index (χ4v) is 4.12. The maximum atomic E-state index is 14.1. The van der Waals surface area contributed by atoms with Crippen LogP contribution in [0, 0.1) is 29.1 Å². The van der Waals surface area contributed by atoms with Gasteiger partial charge in [-0.05, 0) is 42.4 Å². The standard InChI is InChI=1S/C13H23FNO2PS/c1-10(2)12-6-5-11(3)9-13(12)17-18(14,19)16-8-4-7-15/h10-13H,4-6,8-9H2,1-3H3/t11-,12+,13-,18?/m1/s1. The monoisotopic (exact) mass is 307 g/mol. The fourth-order valence-electron chi connectivity index (χ4n) is 2.63. The van der Waals surface area contributed by atoms with E-state index in [1.54, 1.807) is 0 Å². The van der Waals surface area contributed by atoms with E-state index >= 15 is 0 Å². The molecule has 0 radical (unpaired) electrons. The Balaban J connectivity index is 2.60. The number of hydrogen-bond acceptors (Lipinski definition) is 4. The number of hydrogen-bond donors (Lipinski definition) is 0. The molecule has 1 unspecified atom stereocenters. The van der Waals surface area contributed by atoms with Gasteiger partial charge >= 0.3 is 6.80 Å². The summed E-state index contributed by atoms with van der Waals surface area (Å²) in [6, 6.07) is 1.90. The summed E-state index contributed by atoms with van der Waals surface area (Å²) in [6.07, 6.45) is 3.04. The van der Waals surface area contributed by atoms with Gasteiger partial charge in [-0.3, -0.25) is 0 Å². The van der Waals surface area contributed by atoms with Crippen molar-refractivity contribution in [3.8, 4) is 6.07 Å². The van der Waals surface area contributed by atoms with E-state index in [-0.39, 0.29) is 19.1 Å². The summed E-state index contributed by atoms with van der Waals surface area (Å²) in [5, 5.41) is 8.42. The molecule has 1 rings (SSSR count). The lowest BCUT2D eigenvalue weighted by molar-refractivity contribution is 0.0352. The zero-order chi connectivity index (χ0) is 14.5. The molecule has 0 heterocycles. The first kappa shape index (κ1) is 17.0. The molecule has 0 spiro atoms. The van der Waals surface area contributed by atoms with Crippen molar-refractivity contribution < 1.29 is 13.2 Å². The summed E-state index contributed by atoms with van der Waals surface area (Å²) in [4.78, 5) is 0. The van der Waals surface area contributed by atoms with Crippen LogP contribution in [0.4, 0.5) is 4.20 Å². The third-order valence-corrected chi connectivity index (χ3v) is 5.27. The van der Waals surface area contributed by atoms with Gasteiger partial charge in [-0.25, -0.2) is 0 Å². The largest absolute Gasteiger partial charge is 0.366 e. The van der Waals surface area contributed by atoms with Crippen LogP contribution in [-0.4, -0.2) is 12.7 Å². The van der Waals surface area contributed by atoms with Crippen LogP contribution in [0.25, 0.3) is 0 Å². The second-order valence-electron chi connectivity index (χ2n) is 5.64. The quantitative estimate of drug-likeness (QED) is 0.532. The van der Waals surface area contributed by atoms with Gasteiger partial charge in [0.1, 0.15) is 0 Å². The molecular weight excluding hydrogens is 284 g/mol. The van der Waals surface area contributed by atoms with E-state index in [2.05, 4.69) is 20.8 Å². The normalized spacial score (nSPS) is 30.8. The number of nitriles is 1. The molecule has 0 aliphatic heterocycles. The van der Waals surface area contributed by atoms with Crippen molar-refractivity contribution in [2.24, 2.45) is 17.8 Å². The van der Waals surface area contributed by atoms with Crippen molar-refractivity contribution in [2.75, 3.05) is 6.61 Å². The van der Waals surface area contributed by atoms with E-state index in [0.717, 1.165) is 19.3 Å². The molecule has 0 bridgehead atoms. The van der Waals surface area contributed by atoms with Crippen molar-refractivity contribution in [3.63, 3.8) is 0 Å². The Hall–Kier alpha value is -0.01000. The van der Waals surface area contributed by atoms with E-state index in [1.807, 2.05) is 6.07 Å². The predicted octanol–water partition coefficient (Wildman–Crippen LogP) is 4.59. The van der Waals surface area contributed by atoms with Crippen LogP contribution in [0.2, 0.25) is 0 Å². The van der Waals surface area contributed by atoms with Gasteiger partial charge in [-0.1, -0.05) is 27.2 Å². The molecule has 1 aliphatic carbocycles. The highest BCUT2D eigenvalue weighted by Crippen LogP contribution is 2.54. The van der Waals surface area contributed by atoms with Crippen LogP contribution in [0.1, 0.15) is 46.5 Å². The summed E-state index contributed by atoms with van der Waals surface area (Å²) in [6.45, 7) is 2.73. The zero-order valence-corrected chi connectivity index (χ0v) is 13.6. The first-order valence-electron chi connectivity index (χ1n) is 6.85. The van der Waals surface area contributed by atoms with E-state index in [4.69, 9.17) is 26.1 Å². The van der Waals surface area contributed by atoms with Crippen molar-refractivity contribution in [3.05, 3.63) is 0 Å². The highest BCUT2D eigenvalue weighted by atomic mass is 32.5. The molecule has 0 saturated heterocycles. The molecule has 1 fully saturated rings. The van der Waals surface area contributed by atoms with Crippen LogP contribution in [0.15, 0.2) is 0 Å². The summed E-state index contributed by atoms with van der Waals surface area (Å²) in [5.41, 5.74) is 0. The Morgan fingerprint density at radius 2 is 2.16 bits per heavy atom. The highest BCUT2D eigenvalue weighted by Gasteiger charge is 2.35. The summed E-state index contributed by atoms with van der Waals surface area (Å²) in [5.74, 6) is 1.33. The van der Waals surface area contributed by atoms with Gasteiger partial charge in [-0.2, -0.15) is 9.46 Å².